The van der Waals surface area contributed by atoms with E-state index < -0.39 is 0 Å². The van der Waals surface area contributed by atoms with Crippen LogP contribution in [0.4, 0.5) is 0 Å². The molecule has 1 unspecified atom stereocenters. The fourth-order valence-corrected chi connectivity index (χ4v) is 2.33. The molecule has 4 N–H and O–H groups in total. The summed E-state index contributed by atoms with van der Waals surface area (Å²) >= 11 is 11.8. The molecule has 1 aromatic carbocycles. The lowest BCUT2D eigenvalue weighted by atomic mass is 10.00. The molecule has 0 aliphatic carbocycles. The number of rotatable bonds is 6. The number of nitrogens with two attached hydrogens (primary N) is 1. The molecule has 106 valence electrons. The molecule has 0 aliphatic heterocycles. The Kier molecular flexibility index (Phi) is 6.42. The van der Waals surface area contributed by atoms with Crippen LogP contribution in [0, 0.1) is 0 Å². The van der Waals surface area contributed by atoms with Crippen molar-refractivity contribution in [3.8, 4) is 5.75 Å². The highest BCUT2D eigenvalue weighted by Gasteiger charge is 2.19. The standard InChI is InChI=1S/C13H18Cl2N2O2/c1-2-3-4-11(17-12(18)7-16)9-5-8(14)6-10(15)13(9)19/h5-6,11,19H,2-4,7,16H2,1H3,(H,17,18). The number of hydrogen-bond acceptors (Lipinski definition) is 3. The minimum atomic E-state index is -0.341. The average Bonchev–Trinajstić information content (AvgIpc) is 2.38. The monoisotopic (exact) mass is 304 g/mol. The van der Waals surface area contributed by atoms with Crippen molar-refractivity contribution in [1.82, 2.24) is 5.32 Å². The Bertz CT molecular complexity index is 453. The van der Waals surface area contributed by atoms with Gasteiger partial charge in [-0.25, -0.2) is 0 Å². The normalized spacial score (nSPS) is 12.2. The van der Waals surface area contributed by atoms with Gasteiger partial charge in [-0.05, 0) is 18.6 Å². The van der Waals surface area contributed by atoms with E-state index in [2.05, 4.69) is 5.32 Å². The minimum Gasteiger partial charge on any atom is -0.506 e. The van der Waals surface area contributed by atoms with E-state index in [9.17, 15) is 9.90 Å². The molecule has 0 fully saturated rings. The van der Waals surface area contributed by atoms with Crippen molar-refractivity contribution in [3.05, 3.63) is 27.7 Å². The second-order valence-electron chi connectivity index (χ2n) is 4.29. The SMILES string of the molecule is CCCCC(NC(=O)CN)c1cc(Cl)cc(Cl)c1O. The molecule has 0 aromatic heterocycles. The van der Waals surface area contributed by atoms with Crippen LogP contribution in [0.1, 0.15) is 37.8 Å². The van der Waals surface area contributed by atoms with Gasteiger partial charge < -0.3 is 16.2 Å². The van der Waals surface area contributed by atoms with Crippen molar-refractivity contribution in [1.29, 1.82) is 0 Å². The van der Waals surface area contributed by atoms with Crippen LogP contribution in [0.2, 0.25) is 10.0 Å². The van der Waals surface area contributed by atoms with Gasteiger partial charge in [-0.3, -0.25) is 4.79 Å². The van der Waals surface area contributed by atoms with E-state index in [0.717, 1.165) is 12.8 Å². The molecule has 1 atom stereocenters. The van der Waals surface area contributed by atoms with Crippen molar-refractivity contribution >= 4 is 29.1 Å². The molecule has 0 saturated carbocycles. The number of nitrogens with one attached hydrogen (secondary N) is 1. The molecule has 0 radical (unpaired) electrons. The third kappa shape index (κ3) is 4.56. The summed E-state index contributed by atoms with van der Waals surface area (Å²) in [4.78, 5) is 11.5. The molecule has 0 bridgehead atoms. The van der Waals surface area contributed by atoms with Gasteiger partial charge in [0.15, 0.2) is 0 Å². The molecule has 6 heteroatoms. The van der Waals surface area contributed by atoms with E-state index in [1.807, 2.05) is 6.92 Å². The van der Waals surface area contributed by atoms with Crippen LogP contribution in [-0.4, -0.2) is 17.6 Å². The topological polar surface area (TPSA) is 75.4 Å². The zero-order valence-corrected chi connectivity index (χ0v) is 12.3. The van der Waals surface area contributed by atoms with Gasteiger partial charge in [0.1, 0.15) is 5.75 Å². The van der Waals surface area contributed by atoms with Crippen LogP contribution in [0.25, 0.3) is 0 Å². The van der Waals surface area contributed by atoms with Gasteiger partial charge >= 0.3 is 0 Å². The second kappa shape index (κ2) is 7.58. The predicted octanol–water partition coefficient (Wildman–Crippen LogP) is 3.01. The number of carbonyl (C=O) groups excluding carboxylic acids is 1. The Balaban J connectivity index is 3.05. The smallest absolute Gasteiger partial charge is 0.234 e. The summed E-state index contributed by atoms with van der Waals surface area (Å²) in [5, 5.41) is 13.4. The quantitative estimate of drug-likeness (QED) is 0.756. The summed E-state index contributed by atoms with van der Waals surface area (Å²) in [6.07, 6.45) is 2.57. The first kappa shape index (κ1) is 16.1. The highest BCUT2D eigenvalue weighted by Crippen LogP contribution is 2.36. The largest absolute Gasteiger partial charge is 0.506 e. The Morgan fingerprint density at radius 2 is 2.16 bits per heavy atom. The van der Waals surface area contributed by atoms with Gasteiger partial charge in [-0.1, -0.05) is 43.0 Å². The number of phenols is 1. The lowest BCUT2D eigenvalue weighted by molar-refractivity contribution is -0.120. The van der Waals surface area contributed by atoms with Crippen molar-refractivity contribution in [2.24, 2.45) is 5.73 Å². The number of halogens is 2. The van der Waals surface area contributed by atoms with Crippen molar-refractivity contribution < 1.29 is 9.90 Å². The van der Waals surface area contributed by atoms with E-state index in [1.165, 1.54) is 6.07 Å². The molecule has 4 nitrogen and oxygen atoms in total. The van der Waals surface area contributed by atoms with Crippen molar-refractivity contribution in [3.63, 3.8) is 0 Å². The number of hydrogen-bond donors (Lipinski definition) is 3. The summed E-state index contributed by atoms with van der Waals surface area (Å²) in [7, 11) is 0. The number of carbonyl (C=O) groups is 1. The van der Waals surface area contributed by atoms with Gasteiger partial charge in [0.25, 0.3) is 0 Å². The maximum atomic E-state index is 11.5. The third-order valence-electron chi connectivity index (χ3n) is 2.80. The molecule has 0 aliphatic rings. The fourth-order valence-electron chi connectivity index (χ4n) is 1.82. The van der Waals surface area contributed by atoms with Crippen LogP contribution < -0.4 is 11.1 Å². The highest BCUT2D eigenvalue weighted by atomic mass is 35.5. The fraction of sp³-hybridized carbons (Fsp3) is 0.462. The Labute approximate surface area is 122 Å². The zero-order chi connectivity index (χ0) is 14.4. The number of aromatic hydroxyl groups is 1. The molecule has 19 heavy (non-hydrogen) atoms. The lowest BCUT2D eigenvalue weighted by Gasteiger charge is -2.20. The maximum absolute atomic E-state index is 11.5. The maximum Gasteiger partial charge on any atom is 0.234 e. The van der Waals surface area contributed by atoms with Crippen LogP contribution in [0.3, 0.4) is 0 Å². The number of benzene rings is 1. The van der Waals surface area contributed by atoms with E-state index in [0.29, 0.717) is 17.0 Å². The van der Waals surface area contributed by atoms with Gasteiger partial charge in [-0.2, -0.15) is 0 Å². The first-order valence-corrected chi connectivity index (χ1v) is 6.92. The third-order valence-corrected chi connectivity index (χ3v) is 3.31. The van der Waals surface area contributed by atoms with Gasteiger partial charge in [-0.15, -0.1) is 0 Å². The summed E-state index contributed by atoms with van der Waals surface area (Å²) in [5.74, 6) is -0.332. The first-order valence-electron chi connectivity index (χ1n) is 6.16. The summed E-state index contributed by atoms with van der Waals surface area (Å²) in [5.41, 5.74) is 5.82. The summed E-state index contributed by atoms with van der Waals surface area (Å²) < 4.78 is 0. The Hall–Kier alpha value is -0.970. The van der Waals surface area contributed by atoms with Crippen molar-refractivity contribution in [2.75, 3.05) is 6.54 Å². The van der Waals surface area contributed by atoms with E-state index in [4.69, 9.17) is 28.9 Å². The molecule has 0 saturated heterocycles. The average molecular weight is 305 g/mol. The molecule has 0 spiro atoms. The summed E-state index contributed by atoms with van der Waals surface area (Å²) in [6, 6.07) is 2.73. The second-order valence-corrected chi connectivity index (χ2v) is 5.14. The van der Waals surface area contributed by atoms with Crippen LogP contribution >= 0.6 is 23.2 Å². The molecular weight excluding hydrogens is 287 g/mol. The van der Waals surface area contributed by atoms with E-state index in [-0.39, 0.29) is 29.3 Å². The molecule has 0 heterocycles. The summed E-state index contributed by atoms with van der Waals surface area (Å²) in [6.45, 7) is 1.95. The zero-order valence-electron chi connectivity index (χ0n) is 10.7. The van der Waals surface area contributed by atoms with Gasteiger partial charge in [0.05, 0.1) is 17.6 Å². The van der Waals surface area contributed by atoms with Gasteiger partial charge in [0.2, 0.25) is 5.91 Å². The van der Waals surface area contributed by atoms with Crippen LogP contribution in [0.5, 0.6) is 5.75 Å². The van der Waals surface area contributed by atoms with Gasteiger partial charge in [0, 0.05) is 10.6 Å². The van der Waals surface area contributed by atoms with E-state index >= 15 is 0 Å². The van der Waals surface area contributed by atoms with Crippen LogP contribution in [-0.2, 0) is 4.79 Å². The lowest BCUT2D eigenvalue weighted by Crippen LogP contribution is -2.33. The number of unbranched alkanes of at least 4 members (excludes halogenated alkanes) is 1. The van der Waals surface area contributed by atoms with E-state index in [1.54, 1.807) is 6.07 Å². The molecule has 1 amide bonds. The molecular formula is C13H18Cl2N2O2. The van der Waals surface area contributed by atoms with Crippen molar-refractivity contribution in [2.45, 2.75) is 32.2 Å². The molecule has 1 rings (SSSR count). The predicted molar refractivity (Wildman–Crippen MR) is 77.6 cm³/mol. The molecule has 1 aromatic rings. The van der Waals surface area contributed by atoms with Crippen LogP contribution in [0.15, 0.2) is 12.1 Å². The number of phenolic OH excluding ortho intramolecular Hbond substituents is 1. The first-order chi connectivity index (χ1) is 8.99. The minimum absolute atomic E-state index is 0.0514. The Morgan fingerprint density at radius 3 is 2.74 bits per heavy atom. The number of amides is 1. The Morgan fingerprint density at radius 1 is 1.47 bits per heavy atom. The highest BCUT2D eigenvalue weighted by molar-refractivity contribution is 6.35.